The van der Waals surface area contributed by atoms with Crippen molar-refractivity contribution in [3.8, 4) is 0 Å². The molecule has 1 saturated heterocycles. The Morgan fingerprint density at radius 2 is 2.00 bits per heavy atom. The zero-order chi connectivity index (χ0) is 9.47. The fourth-order valence-corrected chi connectivity index (χ4v) is 1.22. The quantitative estimate of drug-likeness (QED) is 0.659. The number of nitrogens with zero attached hydrogens (tertiary/aromatic N) is 3. The average Bonchev–Trinajstić information content (AvgIpc) is 2.01. The molecule has 0 bridgehead atoms. The van der Waals surface area contributed by atoms with Gasteiger partial charge in [0.05, 0.1) is 31.2 Å². The second kappa shape index (κ2) is 2.61. The van der Waals surface area contributed by atoms with Crippen LogP contribution in [0.25, 0.3) is 0 Å². The van der Waals surface area contributed by atoms with Crippen molar-refractivity contribution in [2.24, 2.45) is 0 Å². The summed E-state index contributed by atoms with van der Waals surface area (Å²) in [5.41, 5.74) is 0.788. The number of anilines is 1. The van der Waals surface area contributed by atoms with E-state index in [2.05, 4.69) is 9.97 Å². The molecule has 0 saturated carbocycles. The average molecular weight is 185 g/mol. The van der Waals surface area contributed by atoms with Crippen LogP contribution in [0, 0.1) is 6.92 Å². The summed E-state index contributed by atoms with van der Waals surface area (Å²) in [6.07, 6.45) is 3.09. The molecule has 1 aromatic heterocycles. The summed E-state index contributed by atoms with van der Waals surface area (Å²) >= 11 is 0. The smallest absolute Gasteiger partial charge is 0.282 e. The first-order valence-electron chi connectivity index (χ1n) is 3.98. The standard InChI is InChI=1S/C8H9F2N3/c1-6-2-12-7(3-11-6)13-4-8(9,10)5-13/h2-3H,4-5H2,1H3. The molecule has 0 unspecified atom stereocenters. The van der Waals surface area contributed by atoms with Crippen molar-refractivity contribution in [2.75, 3.05) is 18.0 Å². The summed E-state index contributed by atoms with van der Waals surface area (Å²) in [6, 6.07) is 0. The summed E-state index contributed by atoms with van der Waals surface area (Å²) in [6.45, 7) is 1.32. The van der Waals surface area contributed by atoms with Gasteiger partial charge in [-0.25, -0.2) is 13.8 Å². The van der Waals surface area contributed by atoms with Gasteiger partial charge in [-0.3, -0.25) is 4.98 Å². The Morgan fingerprint density at radius 1 is 1.31 bits per heavy atom. The summed E-state index contributed by atoms with van der Waals surface area (Å²) in [5, 5.41) is 0. The van der Waals surface area contributed by atoms with Crippen LogP contribution in [0.15, 0.2) is 12.4 Å². The molecule has 2 rings (SSSR count). The number of aryl methyl sites for hydroxylation is 1. The minimum Gasteiger partial charge on any atom is -0.343 e. The molecular formula is C8H9F2N3. The molecule has 1 aliphatic rings. The largest absolute Gasteiger partial charge is 0.343 e. The topological polar surface area (TPSA) is 29.0 Å². The van der Waals surface area contributed by atoms with E-state index in [0.717, 1.165) is 5.69 Å². The third-order valence-corrected chi connectivity index (χ3v) is 1.94. The van der Waals surface area contributed by atoms with E-state index in [1.165, 1.54) is 11.1 Å². The molecule has 5 heteroatoms. The van der Waals surface area contributed by atoms with Crippen molar-refractivity contribution >= 4 is 5.82 Å². The van der Waals surface area contributed by atoms with Crippen molar-refractivity contribution in [2.45, 2.75) is 12.8 Å². The minimum atomic E-state index is -2.55. The van der Waals surface area contributed by atoms with E-state index in [-0.39, 0.29) is 13.1 Å². The van der Waals surface area contributed by atoms with Crippen LogP contribution in [0.4, 0.5) is 14.6 Å². The Bertz CT molecular complexity index is 302. The number of hydrogen-bond donors (Lipinski definition) is 0. The Balaban J connectivity index is 2.08. The zero-order valence-electron chi connectivity index (χ0n) is 7.17. The number of halogens is 2. The number of hydrogen-bond acceptors (Lipinski definition) is 3. The van der Waals surface area contributed by atoms with Gasteiger partial charge in [0.2, 0.25) is 0 Å². The number of alkyl halides is 2. The number of aromatic nitrogens is 2. The van der Waals surface area contributed by atoms with Crippen LogP contribution >= 0.6 is 0 Å². The van der Waals surface area contributed by atoms with Crippen LogP contribution in [0.5, 0.6) is 0 Å². The molecule has 3 nitrogen and oxygen atoms in total. The van der Waals surface area contributed by atoms with Gasteiger partial charge in [-0.1, -0.05) is 0 Å². The summed E-state index contributed by atoms with van der Waals surface area (Å²) in [7, 11) is 0. The SMILES string of the molecule is Cc1cnc(N2CC(F)(F)C2)cn1. The van der Waals surface area contributed by atoms with E-state index < -0.39 is 5.92 Å². The Kier molecular flexibility index (Phi) is 1.68. The predicted molar refractivity (Wildman–Crippen MR) is 43.9 cm³/mol. The molecule has 0 aliphatic carbocycles. The van der Waals surface area contributed by atoms with Gasteiger partial charge in [-0.2, -0.15) is 0 Å². The van der Waals surface area contributed by atoms with Crippen LogP contribution < -0.4 is 4.90 Å². The lowest BCUT2D eigenvalue weighted by atomic mass is 10.1. The van der Waals surface area contributed by atoms with Crippen molar-refractivity contribution in [3.05, 3.63) is 18.1 Å². The maximum atomic E-state index is 12.5. The highest BCUT2D eigenvalue weighted by atomic mass is 19.3. The molecule has 0 radical (unpaired) electrons. The highest BCUT2D eigenvalue weighted by molar-refractivity contribution is 5.40. The van der Waals surface area contributed by atoms with Gasteiger partial charge in [0.1, 0.15) is 5.82 Å². The van der Waals surface area contributed by atoms with Gasteiger partial charge in [-0.15, -0.1) is 0 Å². The van der Waals surface area contributed by atoms with Gasteiger partial charge in [0.15, 0.2) is 0 Å². The summed E-state index contributed by atoms with van der Waals surface area (Å²) < 4.78 is 24.9. The molecule has 0 amide bonds. The fourth-order valence-electron chi connectivity index (χ4n) is 1.22. The van der Waals surface area contributed by atoms with Gasteiger partial charge >= 0.3 is 0 Å². The molecule has 70 valence electrons. The third-order valence-electron chi connectivity index (χ3n) is 1.94. The predicted octanol–water partition coefficient (Wildman–Crippen LogP) is 1.24. The molecule has 1 aromatic rings. The molecule has 0 atom stereocenters. The van der Waals surface area contributed by atoms with E-state index in [0.29, 0.717) is 5.82 Å². The van der Waals surface area contributed by atoms with E-state index in [1.807, 2.05) is 6.92 Å². The molecule has 0 N–H and O–H groups in total. The molecular weight excluding hydrogens is 176 g/mol. The number of rotatable bonds is 1. The van der Waals surface area contributed by atoms with Crippen molar-refractivity contribution in [1.29, 1.82) is 0 Å². The lowest BCUT2D eigenvalue weighted by Crippen LogP contribution is -2.56. The van der Waals surface area contributed by atoms with Crippen molar-refractivity contribution in [1.82, 2.24) is 9.97 Å². The zero-order valence-corrected chi connectivity index (χ0v) is 7.17. The van der Waals surface area contributed by atoms with E-state index in [4.69, 9.17) is 0 Å². The van der Waals surface area contributed by atoms with Crippen LogP contribution in [0.1, 0.15) is 5.69 Å². The van der Waals surface area contributed by atoms with E-state index >= 15 is 0 Å². The first-order valence-corrected chi connectivity index (χ1v) is 3.98. The van der Waals surface area contributed by atoms with Crippen LogP contribution in [-0.2, 0) is 0 Å². The lowest BCUT2D eigenvalue weighted by molar-refractivity contribution is -0.0267. The molecule has 1 fully saturated rings. The molecule has 2 heterocycles. The molecule has 13 heavy (non-hydrogen) atoms. The highest BCUT2D eigenvalue weighted by Crippen LogP contribution is 2.29. The first-order chi connectivity index (χ1) is 6.07. The maximum Gasteiger partial charge on any atom is 0.282 e. The van der Waals surface area contributed by atoms with Gasteiger partial charge in [0.25, 0.3) is 5.92 Å². The van der Waals surface area contributed by atoms with E-state index in [9.17, 15) is 8.78 Å². The second-order valence-electron chi connectivity index (χ2n) is 3.23. The second-order valence-corrected chi connectivity index (χ2v) is 3.23. The van der Waals surface area contributed by atoms with Crippen molar-refractivity contribution in [3.63, 3.8) is 0 Å². The normalized spacial score (nSPS) is 19.8. The highest BCUT2D eigenvalue weighted by Gasteiger charge is 2.44. The lowest BCUT2D eigenvalue weighted by Gasteiger charge is -2.39. The van der Waals surface area contributed by atoms with E-state index in [1.54, 1.807) is 6.20 Å². The van der Waals surface area contributed by atoms with Crippen LogP contribution in [0.3, 0.4) is 0 Å². The third kappa shape index (κ3) is 1.59. The van der Waals surface area contributed by atoms with Gasteiger partial charge in [-0.05, 0) is 6.92 Å². The summed E-state index contributed by atoms with van der Waals surface area (Å²) in [4.78, 5) is 9.48. The van der Waals surface area contributed by atoms with Gasteiger partial charge in [0, 0.05) is 0 Å². The first kappa shape index (κ1) is 8.34. The minimum absolute atomic E-state index is 0.245. The Hall–Kier alpha value is -1.26. The van der Waals surface area contributed by atoms with Gasteiger partial charge < -0.3 is 4.90 Å². The summed E-state index contributed by atoms with van der Waals surface area (Å²) in [5.74, 6) is -2.02. The fraction of sp³-hybridized carbons (Fsp3) is 0.500. The van der Waals surface area contributed by atoms with Crippen LogP contribution in [0.2, 0.25) is 0 Å². The Labute approximate surface area is 74.4 Å². The molecule has 0 aromatic carbocycles. The maximum absolute atomic E-state index is 12.5. The van der Waals surface area contributed by atoms with Crippen LogP contribution in [-0.4, -0.2) is 29.0 Å². The molecule has 0 spiro atoms. The molecule has 1 aliphatic heterocycles. The monoisotopic (exact) mass is 185 g/mol. The van der Waals surface area contributed by atoms with Crippen molar-refractivity contribution < 1.29 is 8.78 Å². The Morgan fingerprint density at radius 3 is 2.46 bits per heavy atom.